The van der Waals surface area contributed by atoms with Crippen molar-refractivity contribution < 1.29 is 27.5 Å². The van der Waals surface area contributed by atoms with Crippen LogP contribution in [0.1, 0.15) is 20.8 Å². The van der Waals surface area contributed by atoms with Crippen LogP contribution in [0.25, 0.3) is 0 Å². The third kappa shape index (κ3) is 5.66. The zero-order valence-electron chi connectivity index (χ0n) is 16.3. The second-order valence-electron chi connectivity index (χ2n) is 6.85. The van der Waals surface area contributed by atoms with Crippen LogP contribution in [0.15, 0.2) is 29.2 Å². The molecule has 3 unspecified atom stereocenters. The fraction of sp³-hybridized carbons (Fsp3) is 0.556. The van der Waals surface area contributed by atoms with Crippen LogP contribution in [0.4, 0.5) is 0 Å². The number of ether oxygens (including phenoxy) is 2. The summed E-state index contributed by atoms with van der Waals surface area (Å²) in [6.07, 6.45) is -1.23. The Hall–Kier alpha value is -1.68. The minimum Gasteiger partial charge on any atom is -0.452 e. The number of benzene rings is 1. The summed E-state index contributed by atoms with van der Waals surface area (Å²) in [7, 11) is -2.61. The van der Waals surface area contributed by atoms with Crippen molar-refractivity contribution >= 4 is 33.5 Å². The number of carbonyl (C=O) groups is 2. The van der Waals surface area contributed by atoms with Crippen LogP contribution < -0.4 is 0 Å². The molecule has 1 aliphatic heterocycles. The number of halogens is 1. The molecule has 10 heteroatoms. The van der Waals surface area contributed by atoms with Crippen molar-refractivity contribution in [3.8, 4) is 0 Å². The van der Waals surface area contributed by atoms with Crippen LogP contribution in [0.3, 0.4) is 0 Å². The lowest BCUT2D eigenvalue weighted by molar-refractivity contribution is -0.164. The van der Waals surface area contributed by atoms with Gasteiger partial charge >= 0.3 is 5.97 Å². The Labute approximate surface area is 170 Å². The van der Waals surface area contributed by atoms with Crippen molar-refractivity contribution in [1.29, 1.82) is 0 Å². The molecule has 0 N–H and O–H groups in total. The fourth-order valence-electron chi connectivity index (χ4n) is 2.95. The normalized spacial score (nSPS) is 21.4. The first kappa shape index (κ1) is 22.6. The van der Waals surface area contributed by atoms with E-state index in [1.54, 1.807) is 4.90 Å². The number of likely N-dealkylation sites (N-methyl/N-ethyl adjacent to an activating group) is 1. The minimum atomic E-state index is -3.88. The summed E-state index contributed by atoms with van der Waals surface area (Å²) in [5.41, 5.74) is 0. The summed E-state index contributed by atoms with van der Waals surface area (Å²) >= 11 is 5.77. The highest BCUT2D eigenvalue weighted by molar-refractivity contribution is 7.89. The Morgan fingerprint density at radius 3 is 2.32 bits per heavy atom. The van der Waals surface area contributed by atoms with E-state index in [1.165, 1.54) is 38.2 Å². The SMILES string of the molecule is CC1CN(C(=O)C(C)OC(=O)CN(C)S(=O)(=O)c2ccc(Cl)cc2)CC(C)O1. The van der Waals surface area contributed by atoms with Crippen molar-refractivity contribution in [3.63, 3.8) is 0 Å². The van der Waals surface area contributed by atoms with Crippen molar-refractivity contribution in [2.45, 2.75) is 44.0 Å². The molecule has 28 heavy (non-hydrogen) atoms. The van der Waals surface area contributed by atoms with Crippen LogP contribution in [0.5, 0.6) is 0 Å². The molecular weight excluding hydrogens is 408 g/mol. The molecule has 0 spiro atoms. The van der Waals surface area contributed by atoms with Crippen LogP contribution >= 0.6 is 11.6 Å². The predicted molar refractivity (Wildman–Crippen MR) is 103 cm³/mol. The van der Waals surface area contributed by atoms with Crippen LogP contribution in [-0.4, -0.2) is 74.5 Å². The van der Waals surface area contributed by atoms with Gasteiger partial charge in [0.1, 0.15) is 6.54 Å². The standard InChI is InChI=1S/C18H25ClN2O6S/c1-12-9-21(10-13(2)26-12)18(23)14(3)27-17(22)11-20(4)28(24,25)16-7-5-15(19)6-8-16/h5-8,12-14H,9-11H2,1-4H3. The summed E-state index contributed by atoms with van der Waals surface area (Å²) in [4.78, 5) is 26.3. The van der Waals surface area contributed by atoms with Crippen LogP contribution in [0, 0.1) is 0 Å². The van der Waals surface area contributed by atoms with Crippen molar-refractivity contribution in [3.05, 3.63) is 29.3 Å². The molecule has 1 saturated heterocycles. The predicted octanol–water partition coefficient (Wildman–Crippen LogP) is 1.53. The molecule has 1 heterocycles. The van der Waals surface area contributed by atoms with E-state index in [9.17, 15) is 18.0 Å². The molecule has 0 aromatic heterocycles. The Balaban J connectivity index is 1.95. The first-order valence-electron chi connectivity index (χ1n) is 8.86. The van der Waals surface area contributed by atoms with E-state index in [1.807, 2.05) is 13.8 Å². The maximum Gasteiger partial charge on any atom is 0.322 e. The number of carbonyl (C=O) groups excluding carboxylic acids is 2. The Morgan fingerprint density at radius 2 is 1.79 bits per heavy atom. The van der Waals surface area contributed by atoms with Crippen molar-refractivity contribution in [2.24, 2.45) is 0 Å². The van der Waals surface area contributed by atoms with Crippen molar-refractivity contribution in [2.75, 3.05) is 26.7 Å². The molecule has 0 aliphatic carbocycles. The van der Waals surface area contributed by atoms with Gasteiger partial charge in [-0.15, -0.1) is 0 Å². The largest absolute Gasteiger partial charge is 0.452 e. The van der Waals surface area contributed by atoms with E-state index in [2.05, 4.69) is 0 Å². The minimum absolute atomic E-state index is 0.00705. The van der Waals surface area contributed by atoms with Crippen LogP contribution in [0.2, 0.25) is 5.02 Å². The molecule has 0 bridgehead atoms. The van der Waals surface area contributed by atoms with Crippen molar-refractivity contribution in [1.82, 2.24) is 9.21 Å². The quantitative estimate of drug-likeness (QED) is 0.633. The number of rotatable bonds is 6. The first-order valence-corrected chi connectivity index (χ1v) is 10.7. The summed E-state index contributed by atoms with van der Waals surface area (Å²) in [6, 6.07) is 5.61. The zero-order chi connectivity index (χ0) is 21.1. The second-order valence-corrected chi connectivity index (χ2v) is 9.33. The van der Waals surface area contributed by atoms with Gasteiger partial charge in [0.2, 0.25) is 10.0 Å². The third-order valence-electron chi connectivity index (χ3n) is 4.26. The number of hydrogen-bond donors (Lipinski definition) is 0. The Kier molecular flexibility index (Phi) is 7.44. The van der Waals surface area contributed by atoms with Gasteiger partial charge in [-0.25, -0.2) is 8.42 Å². The van der Waals surface area contributed by atoms with Gasteiger partial charge < -0.3 is 14.4 Å². The molecule has 1 fully saturated rings. The summed E-state index contributed by atoms with van der Waals surface area (Å²) in [5, 5.41) is 0.403. The molecular formula is C18H25ClN2O6S. The van der Waals surface area contributed by atoms with Gasteiger partial charge in [-0.3, -0.25) is 9.59 Å². The maximum atomic E-state index is 12.5. The molecule has 156 valence electrons. The second kappa shape index (κ2) is 9.21. The van der Waals surface area contributed by atoms with E-state index in [0.29, 0.717) is 18.1 Å². The summed E-state index contributed by atoms with van der Waals surface area (Å²) < 4.78 is 36.6. The van der Waals surface area contributed by atoms with Crippen LogP contribution in [-0.2, 0) is 29.1 Å². The smallest absolute Gasteiger partial charge is 0.322 e. The Bertz CT molecular complexity index is 804. The molecule has 2 rings (SSSR count). The number of hydrogen-bond acceptors (Lipinski definition) is 6. The van der Waals surface area contributed by atoms with E-state index < -0.39 is 28.6 Å². The van der Waals surface area contributed by atoms with Gasteiger partial charge in [0, 0.05) is 25.2 Å². The average Bonchev–Trinajstić information content (AvgIpc) is 2.60. The van der Waals surface area contributed by atoms with E-state index in [0.717, 1.165) is 4.31 Å². The summed E-state index contributed by atoms with van der Waals surface area (Å²) in [6.45, 7) is 5.51. The van der Waals surface area contributed by atoms with Gasteiger partial charge in [0.15, 0.2) is 6.10 Å². The highest BCUT2D eigenvalue weighted by atomic mass is 35.5. The topological polar surface area (TPSA) is 93.2 Å². The molecule has 1 aromatic carbocycles. The molecule has 0 radical (unpaired) electrons. The van der Waals surface area contributed by atoms with Gasteiger partial charge in [-0.05, 0) is 45.0 Å². The van der Waals surface area contributed by atoms with E-state index in [-0.39, 0.29) is 23.0 Å². The third-order valence-corrected chi connectivity index (χ3v) is 6.33. The fourth-order valence-corrected chi connectivity index (χ4v) is 4.19. The lowest BCUT2D eigenvalue weighted by atomic mass is 10.2. The molecule has 1 aromatic rings. The number of amides is 1. The number of morpholine rings is 1. The van der Waals surface area contributed by atoms with E-state index in [4.69, 9.17) is 21.1 Å². The zero-order valence-corrected chi connectivity index (χ0v) is 17.9. The number of nitrogens with zero attached hydrogens (tertiary/aromatic N) is 2. The number of sulfonamides is 1. The first-order chi connectivity index (χ1) is 13.0. The molecule has 8 nitrogen and oxygen atoms in total. The lowest BCUT2D eigenvalue weighted by Crippen LogP contribution is -2.51. The molecule has 0 saturated carbocycles. The van der Waals surface area contributed by atoms with E-state index >= 15 is 0 Å². The number of esters is 1. The Morgan fingerprint density at radius 1 is 1.25 bits per heavy atom. The highest BCUT2D eigenvalue weighted by Gasteiger charge is 2.31. The summed E-state index contributed by atoms with van der Waals surface area (Å²) in [5.74, 6) is -1.14. The average molecular weight is 433 g/mol. The monoisotopic (exact) mass is 432 g/mol. The lowest BCUT2D eigenvalue weighted by Gasteiger charge is -2.36. The maximum absolute atomic E-state index is 12.5. The highest BCUT2D eigenvalue weighted by Crippen LogP contribution is 2.18. The molecule has 1 amide bonds. The van der Waals surface area contributed by atoms with Gasteiger partial charge in [0.05, 0.1) is 17.1 Å². The molecule has 1 aliphatic rings. The van der Waals surface area contributed by atoms with Gasteiger partial charge in [-0.1, -0.05) is 11.6 Å². The molecule has 3 atom stereocenters. The van der Waals surface area contributed by atoms with Gasteiger partial charge in [-0.2, -0.15) is 4.31 Å². The van der Waals surface area contributed by atoms with Gasteiger partial charge in [0.25, 0.3) is 5.91 Å².